The maximum Gasteiger partial charge on any atom is 0.339 e. The van der Waals surface area contributed by atoms with Crippen molar-refractivity contribution in [1.82, 2.24) is 0 Å². The highest BCUT2D eigenvalue weighted by Gasteiger charge is 2.39. The molecule has 0 amide bonds. The van der Waals surface area contributed by atoms with Crippen LogP contribution in [0.4, 0.5) is 0 Å². The number of allylic oxidation sites excluding steroid dienone is 1. The molecule has 0 aromatic heterocycles. The van der Waals surface area contributed by atoms with E-state index in [1.807, 2.05) is 13.8 Å². The van der Waals surface area contributed by atoms with E-state index in [4.69, 9.17) is 14.2 Å². The van der Waals surface area contributed by atoms with E-state index < -0.39 is 17.4 Å². The molecular weight excluding hydrogens is 344 g/mol. The second-order valence-electron chi connectivity index (χ2n) is 6.45. The summed E-state index contributed by atoms with van der Waals surface area (Å²) in [6.07, 6.45) is 1.63. The molecule has 1 unspecified atom stereocenters. The van der Waals surface area contributed by atoms with E-state index in [0.29, 0.717) is 17.1 Å². The van der Waals surface area contributed by atoms with Crippen LogP contribution in [0.3, 0.4) is 0 Å². The van der Waals surface area contributed by atoms with Crippen molar-refractivity contribution in [1.29, 1.82) is 0 Å². The Morgan fingerprint density at radius 1 is 0.889 bits per heavy atom. The van der Waals surface area contributed by atoms with Crippen molar-refractivity contribution < 1.29 is 23.8 Å². The van der Waals surface area contributed by atoms with E-state index in [1.165, 1.54) is 14.2 Å². The van der Waals surface area contributed by atoms with E-state index in [-0.39, 0.29) is 5.56 Å². The predicted octanol–water partition coefficient (Wildman–Crippen LogP) is 4.47. The van der Waals surface area contributed by atoms with E-state index in [1.54, 1.807) is 61.5 Å². The smallest absolute Gasteiger partial charge is 0.339 e. The van der Waals surface area contributed by atoms with Crippen molar-refractivity contribution in [3.8, 4) is 11.5 Å². The molecule has 0 saturated carbocycles. The van der Waals surface area contributed by atoms with Gasteiger partial charge in [0.05, 0.1) is 19.8 Å². The van der Waals surface area contributed by atoms with Gasteiger partial charge in [-0.05, 0) is 51.1 Å². The van der Waals surface area contributed by atoms with Gasteiger partial charge in [-0.2, -0.15) is 0 Å². The molecule has 0 N–H and O–H groups in total. The van der Waals surface area contributed by atoms with Crippen LogP contribution in [0.2, 0.25) is 0 Å². The van der Waals surface area contributed by atoms with Crippen LogP contribution in [0.1, 0.15) is 41.5 Å². The minimum atomic E-state index is -1.52. The number of ether oxygens (including phenoxy) is 3. The Hall–Kier alpha value is -3.08. The molecule has 0 heterocycles. The van der Waals surface area contributed by atoms with Gasteiger partial charge in [0.2, 0.25) is 5.78 Å². The lowest BCUT2D eigenvalue weighted by atomic mass is 9.91. The van der Waals surface area contributed by atoms with Crippen LogP contribution in [0.5, 0.6) is 11.5 Å². The lowest BCUT2D eigenvalue weighted by Gasteiger charge is -2.27. The third-order valence-corrected chi connectivity index (χ3v) is 3.98. The number of esters is 1. The lowest BCUT2D eigenvalue weighted by Crippen LogP contribution is -2.39. The average Bonchev–Trinajstić information content (AvgIpc) is 2.66. The second kappa shape index (κ2) is 8.54. The molecule has 0 bridgehead atoms. The molecule has 0 radical (unpaired) electrons. The summed E-state index contributed by atoms with van der Waals surface area (Å²) in [5.74, 6) is -0.313. The van der Waals surface area contributed by atoms with Crippen LogP contribution < -0.4 is 9.47 Å². The van der Waals surface area contributed by atoms with Crippen LogP contribution in [0.15, 0.2) is 60.2 Å². The number of carbonyl (C=O) groups excluding carboxylic acids is 2. The summed E-state index contributed by atoms with van der Waals surface area (Å²) in [7, 11) is 2.94. The summed E-state index contributed by atoms with van der Waals surface area (Å²) in [5.41, 5.74) is -0.0946. The zero-order valence-corrected chi connectivity index (χ0v) is 16.2. The fourth-order valence-corrected chi connectivity index (χ4v) is 2.84. The van der Waals surface area contributed by atoms with Crippen molar-refractivity contribution in [2.24, 2.45) is 0 Å². The first kappa shape index (κ1) is 20.2. The van der Waals surface area contributed by atoms with Crippen LogP contribution in [-0.4, -0.2) is 31.6 Å². The minimum absolute atomic E-state index is 0.225. The maximum atomic E-state index is 13.4. The number of methoxy groups -OCH3 is 2. The maximum absolute atomic E-state index is 13.4. The number of hydrogen-bond acceptors (Lipinski definition) is 5. The summed E-state index contributed by atoms with van der Waals surface area (Å²) < 4.78 is 16.3. The third-order valence-electron chi connectivity index (χ3n) is 3.98. The predicted molar refractivity (Wildman–Crippen MR) is 104 cm³/mol. The van der Waals surface area contributed by atoms with Gasteiger partial charge in [-0.25, -0.2) is 4.79 Å². The molecule has 0 aliphatic carbocycles. The molecule has 0 spiro atoms. The van der Waals surface area contributed by atoms with E-state index in [9.17, 15) is 9.59 Å². The van der Waals surface area contributed by atoms with E-state index in [2.05, 4.69) is 0 Å². The summed E-state index contributed by atoms with van der Waals surface area (Å²) in [6.45, 7) is 5.23. The Labute approximate surface area is 159 Å². The number of benzene rings is 2. The SMILES string of the molecule is COc1cccc(OC)c1C(=O)C(C)(C=C(C)C)OC(=O)c1ccccc1. The zero-order valence-electron chi connectivity index (χ0n) is 16.2. The molecule has 0 aliphatic rings. The fourth-order valence-electron chi connectivity index (χ4n) is 2.84. The minimum Gasteiger partial charge on any atom is -0.496 e. The van der Waals surface area contributed by atoms with E-state index >= 15 is 0 Å². The van der Waals surface area contributed by atoms with Crippen LogP contribution in [0, 0.1) is 0 Å². The van der Waals surface area contributed by atoms with Gasteiger partial charge in [-0.15, -0.1) is 0 Å². The number of Topliss-reactive ketones (excluding diaryl/α,β-unsaturated/α-hetero) is 1. The molecule has 1 atom stereocenters. The Morgan fingerprint density at radius 2 is 1.44 bits per heavy atom. The van der Waals surface area contributed by atoms with Gasteiger partial charge in [0.25, 0.3) is 0 Å². The topological polar surface area (TPSA) is 61.8 Å². The van der Waals surface area contributed by atoms with Gasteiger partial charge in [-0.1, -0.05) is 29.8 Å². The molecular formula is C22H24O5. The first-order valence-electron chi connectivity index (χ1n) is 8.52. The highest BCUT2D eigenvalue weighted by molar-refractivity contribution is 6.09. The third kappa shape index (κ3) is 4.56. The fraction of sp³-hybridized carbons (Fsp3) is 0.273. The molecule has 142 valence electrons. The number of rotatable bonds is 7. The number of carbonyl (C=O) groups is 2. The average molecular weight is 368 g/mol. The summed E-state index contributed by atoms with van der Waals surface area (Å²) in [6, 6.07) is 13.6. The molecule has 5 heteroatoms. The van der Waals surface area contributed by atoms with Crippen molar-refractivity contribution >= 4 is 11.8 Å². The Balaban J connectivity index is 2.52. The van der Waals surface area contributed by atoms with Gasteiger partial charge in [0.1, 0.15) is 17.1 Å². The second-order valence-corrected chi connectivity index (χ2v) is 6.45. The van der Waals surface area contributed by atoms with Crippen LogP contribution in [-0.2, 0) is 4.74 Å². The van der Waals surface area contributed by atoms with Gasteiger partial charge in [0.15, 0.2) is 5.60 Å². The Kier molecular flexibility index (Phi) is 6.40. The number of ketones is 1. The molecule has 0 aliphatic heterocycles. The van der Waals surface area contributed by atoms with Gasteiger partial charge >= 0.3 is 5.97 Å². The Bertz CT molecular complexity index is 828. The monoisotopic (exact) mass is 368 g/mol. The van der Waals surface area contributed by atoms with Crippen molar-refractivity contribution in [2.45, 2.75) is 26.4 Å². The molecule has 5 nitrogen and oxygen atoms in total. The molecule has 0 saturated heterocycles. The van der Waals surface area contributed by atoms with Crippen LogP contribution in [0.25, 0.3) is 0 Å². The Morgan fingerprint density at radius 3 is 1.93 bits per heavy atom. The van der Waals surface area contributed by atoms with Crippen molar-refractivity contribution in [3.63, 3.8) is 0 Å². The molecule has 2 aromatic carbocycles. The highest BCUT2D eigenvalue weighted by Crippen LogP contribution is 2.34. The summed E-state index contributed by atoms with van der Waals surface area (Å²) in [4.78, 5) is 26.1. The lowest BCUT2D eigenvalue weighted by molar-refractivity contribution is 0.0123. The highest BCUT2D eigenvalue weighted by atomic mass is 16.6. The largest absolute Gasteiger partial charge is 0.496 e. The first-order chi connectivity index (χ1) is 12.8. The first-order valence-corrected chi connectivity index (χ1v) is 8.52. The zero-order chi connectivity index (χ0) is 20.0. The van der Waals surface area contributed by atoms with Gasteiger partial charge < -0.3 is 14.2 Å². The van der Waals surface area contributed by atoms with E-state index in [0.717, 1.165) is 5.57 Å². The van der Waals surface area contributed by atoms with Crippen LogP contribution >= 0.6 is 0 Å². The molecule has 2 aromatic rings. The molecule has 2 rings (SSSR count). The molecule has 0 fully saturated rings. The summed E-state index contributed by atoms with van der Waals surface area (Å²) in [5, 5.41) is 0. The summed E-state index contributed by atoms with van der Waals surface area (Å²) >= 11 is 0. The quantitative estimate of drug-likeness (QED) is 0.410. The van der Waals surface area contributed by atoms with Crippen molar-refractivity contribution in [3.05, 3.63) is 71.3 Å². The molecule has 27 heavy (non-hydrogen) atoms. The number of hydrogen-bond donors (Lipinski definition) is 0. The van der Waals surface area contributed by atoms with Crippen molar-refractivity contribution in [2.75, 3.05) is 14.2 Å². The van der Waals surface area contributed by atoms with Gasteiger partial charge in [-0.3, -0.25) is 4.79 Å². The normalized spacial score (nSPS) is 12.5. The standard InChI is InChI=1S/C22H24O5/c1-15(2)14-22(3,27-21(24)16-10-7-6-8-11-16)20(23)19-17(25-4)12-9-13-18(19)26-5/h6-14H,1-5H3. The van der Waals surface area contributed by atoms with Gasteiger partial charge in [0, 0.05) is 0 Å².